The molecule has 0 aliphatic carbocycles. The van der Waals surface area contributed by atoms with Crippen molar-refractivity contribution >= 4 is 35.2 Å². The Morgan fingerprint density at radius 3 is 2.42 bits per heavy atom. The maximum Gasteiger partial charge on any atom is 0.247 e. The molecule has 5 rings (SSSR count). The van der Waals surface area contributed by atoms with E-state index in [-0.39, 0.29) is 36.1 Å². The highest BCUT2D eigenvalue weighted by molar-refractivity contribution is 8.02. The van der Waals surface area contributed by atoms with E-state index in [4.69, 9.17) is 4.74 Å². The van der Waals surface area contributed by atoms with Gasteiger partial charge in [-0.3, -0.25) is 14.4 Å². The molecule has 1 spiro atoms. The molecule has 240 valence electrons. The van der Waals surface area contributed by atoms with Gasteiger partial charge in [-0.15, -0.1) is 24.9 Å². The molecule has 3 fully saturated rings. The zero-order chi connectivity index (χ0) is 32.1. The molecule has 3 heterocycles. The van der Waals surface area contributed by atoms with Crippen molar-refractivity contribution in [2.24, 2.45) is 11.8 Å². The lowest BCUT2D eigenvalue weighted by Crippen LogP contribution is -2.56. The Bertz CT molecular complexity index is 1380. The average Bonchev–Trinajstić information content (AvgIpc) is 3.70. The van der Waals surface area contributed by atoms with E-state index in [0.29, 0.717) is 37.6 Å². The van der Waals surface area contributed by atoms with E-state index in [1.807, 2.05) is 61.5 Å². The van der Waals surface area contributed by atoms with Crippen LogP contribution in [-0.2, 0) is 14.4 Å². The van der Waals surface area contributed by atoms with Crippen LogP contribution >= 0.6 is 11.8 Å². The monoisotopic (exact) mass is 631 g/mol. The second-order valence-electron chi connectivity index (χ2n) is 12.0. The van der Waals surface area contributed by atoms with E-state index >= 15 is 0 Å². The number of anilines is 1. The third-order valence-corrected chi connectivity index (χ3v) is 11.4. The van der Waals surface area contributed by atoms with Crippen LogP contribution in [0.5, 0.6) is 5.75 Å². The number of ether oxygens (including phenoxy) is 1. The Balaban J connectivity index is 1.57. The molecule has 2 aromatic rings. The Morgan fingerprint density at radius 1 is 1.09 bits per heavy atom. The standard InChI is InChI=1S/C36H45N3O5S/c1-5-9-23-37(21-6-2)35(43)32-36-20-19-29(45-36)30(31(36)34(42)39(32)28(24-40)25-13-11-10-12-14-25)33(41)38(22-7-3)26-15-17-27(18-16-26)44-8-4/h6-7,10-18,28-32,40H,2-3,5,8-9,19-24H2,1,4H3/t28-,29+,30-,31+,32?,36?/m1/s1. The number of aliphatic hydroxyl groups excluding tert-OH is 1. The van der Waals surface area contributed by atoms with Crippen LogP contribution in [-0.4, -0.2) is 81.5 Å². The quantitative estimate of drug-likeness (QED) is 0.271. The van der Waals surface area contributed by atoms with Crippen molar-refractivity contribution in [3.8, 4) is 5.75 Å². The first kappa shape index (κ1) is 32.8. The predicted molar refractivity (Wildman–Crippen MR) is 179 cm³/mol. The number of carbonyl (C=O) groups excluding carboxylic acids is 3. The highest BCUT2D eigenvalue weighted by Gasteiger charge is 2.74. The molecule has 8 nitrogen and oxygen atoms in total. The van der Waals surface area contributed by atoms with Gasteiger partial charge in [0.2, 0.25) is 17.7 Å². The number of amides is 3. The van der Waals surface area contributed by atoms with Gasteiger partial charge in [0.15, 0.2) is 0 Å². The number of unbranched alkanes of at least 4 members (excludes halogenated alkanes) is 1. The van der Waals surface area contributed by atoms with Crippen LogP contribution in [0.1, 0.15) is 51.1 Å². The van der Waals surface area contributed by atoms with Gasteiger partial charge in [-0.2, -0.15) is 0 Å². The summed E-state index contributed by atoms with van der Waals surface area (Å²) in [6.07, 6.45) is 6.55. The minimum absolute atomic E-state index is 0.0910. The van der Waals surface area contributed by atoms with Crippen LogP contribution in [0, 0.1) is 11.8 Å². The minimum Gasteiger partial charge on any atom is -0.494 e. The molecule has 2 aromatic carbocycles. The molecule has 9 heteroatoms. The Labute approximate surface area is 271 Å². The summed E-state index contributed by atoms with van der Waals surface area (Å²) in [6.45, 7) is 13.2. The second kappa shape index (κ2) is 14.3. The highest BCUT2D eigenvalue weighted by atomic mass is 32.2. The van der Waals surface area contributed by atoms with E-state index in [9.17, 15) is 19.5 Å². The fourth-order valence-electron chi connectivity index (χ4n) is 7.51. The van der Waals surface area contributed by atoms with Gasteiger partial charge in [0.05, 0.1) is 35.8 Å². The lowest BCUT2D eigenvalue weighted by Gasteiger charge is -2.40. The van der Waals surface area contributed by atoms with Gasteiger partial charge in [-0.25, -0.2) is 0 Å². The number of aliphatic hydroxyl groups is 1. The number of hydrogen-bond donors (Lipinski definition) is 1. The minimum atomic E-state index is -0.810. The molecule has 3 amide bonds. The molecule has 0 radical (unpaired) electrons. The first-order valence-electron chi connectivity index (χ1n) is 16.1. The molecule has 0 saturated carbocycles. The Morgan fingerprint density at radius 2 is 1.80 bits per heavy atom. The van der Waals surface area contributed by atoms with Gasteiger partial charge >= 0.3 is 0 Å². The molecule has 3 aliphatic rings. The van der Waals surface area contributed by atoms with Gasteiger partial charge in [-0.05, 0) is 56.0 Å². The maximum absolute atomic E-state index is 14.8. The number of benzene rings is 2. The molecule has 0 aromatic heterocycles. The van der Waals surface area contributed by atoms with E-state index in [0.717, 1.165) is 24.8 Å². The molecule has 6 atom stereocenters. The fourth-order valence-corrected chi connectivity index (χ4v) is 9.70. The molecule has 3 aliphatic heterocycles. The van der Waals surface area contributed by atoms with Crippen LogP contribution < -0.4 is 9.64 Å². The lowest BCUT2D eigenvalue weighted by atomic mass is 9.70. The Kier molecular flexibility index (Phi) is 10.4. The van der Waals surface area contributed by atoms with Crippen molar-refractivity contribution in [2.75, 3.05) is 37.7 Å². The summed E-state index contributed by atoms with van der Waals surface area (Å²) in [7, 11) is 0. The van der Waals surface area contributed by atoms with Crippen LogP contribution in [0.3, 0.4) is 0 Å². The summed E-state index contributed by atoms with van der Waals surface area (Å²) in [5, 5.41) is 10.7. The predicted octanol–water partition coefficient (Wildman–Crippen LogP) is 5.24. The van der Waals surface area contributed by atoms with E-state index < -0.39 is 28.7 Å². The van der Waals surface area contributed by atoms with Crippen LogP contribution in [0.25, 0.3) is 0 Å². The largest absolute Gasteiger partial charge is 0.494 e. The van der Waals surface area contributed by atoms with Crippen molar-refractivity contribution in [2.45, 2.75) is 61.6 Å². The van der Waals surface area contributed by atoms with Gasteiger partial charge < -0.3 is 24.5 Å². The number of hydrogen-bond acceptors (Lipinski definition) is 6. The normalized spacial score (nSPS) is 25.5. The van der Waals surface area contributed by atoms with Crippen molar-refractivity contribution in [1.82, 2.24) is 9.80 Å². The van der Waals surface area contributed by atoms with E-state index in [1.54, 1.807) is 38.6 Å². The number of nitrogens with zero attached hydrogens (tertiary/aromatic N) is 3. The second-order valence-corrected chi connectivity index (χ2v) is 13.6. The molecular formula is C36H45N3O5S. The van der Waals surface area contributed by atoms with Crippen LogP contribution in [0.2, 0.25) is 0 Å². The van der Waals surface area contributed by atoms with Crippen molar-refractivity contribution in [3.63, 3.8) is 0 Å². The summed E-state index contributed by atoms with van der Waals surface area (Å²) >= 11 is 1.64. The Hall–Kier alpha value is -3.56. The molecule has 1 N–H and O–H groups in total. The topological polar surface area (TPSA) is 90.4 Å². The maximum atomic E-state index is 14.8. The SMILES string of the molecule is C=CCN(CCCC)C(=O)C1N([C@H](CO)c2ccccc2)C(=O)[C@@H]2[C@H](C(=O)N(CC=C)c3ccc(OCC)cc3)[C@@H]3CCC12S3. The fraction of sp³-hybridized carbons (Fsp3) is 0.472. The first-order valence-corrected chi connectivity index (χ1v) is 16.9. The van der Waals surface area contributed by atoms with Gasteiger partial charge in [0, 0.05) is 30.6 Å². The number of fused-ring (bicyclic) bond motifs is 1. The molecule has 2 unspecified atom stereocenters. The van der Waals surface area contributed by atoms with Crippen molar-refractivity contribution in [1.29, 1.82) is 0 Å². The van der Waals surface area contributed by atoms with Crippen LogP contribution in [0.15, 0.2) is 79.9 Å². The molecular weight excluding hydrogens is 586 g/mol. The van der Waals surface area contributed by atoms with Crippen molar-refractivity contribution in [3.05, 3.63) is 85.5 Å². The summed E-state index contributed by atoms with van der Waals surface area (Å²) in [4.78, 5) is 49.2. The number of thioether (sulfide) groups is 1. The van der Waals surface area contributed by atoms with E-state index in [2.05, 4.69) is 20.1 Å². The van der Waals surface area contributed by atoms with Gasteiger partial charge in [-0.1, -0.05) is 55.8 Å². The molecule has 45 heavy (non-hydrogen) atoms. The summed E-state index contributed by atoms with van der Waals surface area (Å²) in [6, 6.07) is 15.3. The third kappa shape index (κ3) is 5.92. The summed E-state index contributed by atoms with van der Waals surface area (Å²) in [5.41, 5.74) is 1.46. The smallest absolute Gasteiger partial charge is 0.247 e. The molecule has 2 bridgehead atoms. The first-order chi connectivity index (χ1) is 21.9. The highest BCUT2D eigenvalue weighted by Crippen LogP contribution is 2.67. The number of carbonyl (C=O) groups is 3. The zero-order valence-electron chi connectivity index (χ0n) is 26.3. The zero-order valence-corrected chi connectivity index (χ0v) is 27.2. The summed E-state index contributed by atoms with van der Waals surface area (Å²) < 4.78 is 4.84. The van der Waals surface area contributed by atoms with E-state index in [1.165, 1.54) is 0 Å². The average molecular weight is 632 g/mol. The number of rotatable bonds is 15. The lowest BCUT2D eigenvalue weighted by molar-refractivity contribution is -0.145. The third-order valence-electron chi connectivity index (χ3n) is 9.43. The van der Waals surface area contributed by atoms with Gasteiger partial charge in [0.1, 0.15) is 11.8 Å². The summed E-state index contributed by atoms with van der Waals surface area (Å²) in [5.74, 6) is -1.09. The van der Waals surface area contributed by atoms with Crippen LogP contribution in [0.4, 0.5) is 5.69 Å². The molecule has 3 saturated heterocycles. The van der Waals surface area contributed by atoms with Gasteiger partial charge in [0.25, 0.3) is 0 Å². The van der Waals surface area contributed by atoms with Crippen molar-refractivity contribution < 1.29 is 24.2 Å². The number of likely N-dealkylation sites (tertiary alicyclic amines) is 1.